The van der Waals surface area contributed by atoms with Crippen LogP contribution >= 0.6 is 11.6 Å². The molecule has 0 spiro atoms. The molecule has 0 saturated carbocycles. The van der Waals surface area contributed by atoms with E-state index in [1.165, 1.54) is 37.5 Å². The standard InChI is InChI=1S/C19H17ClF2N4O2/c1-3-19(21,22)13-6-4-5-12(7-13)8-14(27)17-11(2)25-26(18(17)28)16-10-23-15(20)9-24-16/h4-7,9-10,17H,3,8H2,1-2H3. The van der Waals surface area contributed by atoms with Gasteiger partial charge in [-0.15, -0.1) is 0 Å². The number of hydrazone groups is 1. The molecule has 28 heavy (non-hydrogen) atoms. The Hall–Kier alpha value is -2.74. The number of hydrogen-bond acceptors (Lipinski definition) is 5. The number of benzene rings is 1. The molecule has 0 saturated heterocycles. The molecule has 2 aromatic rings. The third-order valence-electron chi connectivity index (χ3n) is 4.45. The Bertz CT molecular complexity index is 947. The van der Waals surface area contributed by atoms with E-state index >= 15 is 0 Å². The van der Waals surface area contributed by atoms with Crippen molar-refractivity contribution < 1.29 is 18.4 Å². The van der Waals surface area contributed by atoms with Gasteiger partial charge in [-0.2, -0.15) is 10.1 Å². The third-order valence-corrected chi connectivity index (χ3v) is 4.64. The summed E-state index contributed by atoms with van der Waals surface area (Å²) < 4.78 is 27.8. The quantitative estimate of drug-likeness (QED) is 0.684. The molecular formula is C19H17ClF2N4O2. The van der Waals surface area contributed by atoms with Crippen LogP contribution in [0.5, 0.6) is 0 Å². The van der Waals surface area contributed by atoms with Crippen LogP contribution in [0.25, 0.3) is 0 Å². The summed E-state index contributed by atoms with van der Waals surface area (Å²) in [6.07, 6.45) is 2.05. The van der Waals surface area contributed by atoms with E-state index in [4.69, 9.17) is 11.6 Å². The fourth-order valence-corrected chi connectivity index (χ4v) is 3.03. The molecule has 1 amide bonds. The summed E-state index contributed by atoms with van der Waals surface area (Å²) in [6.45, 7) is 2.95. The summed E-state index contributed by atoms with van der Waals surface area (Å²) in [6, 6.07) is 5.69. The lowest BCUT2D eigenvalue weighted by molar-refractivity contribution is -0.128. The zero-order valence-corrected chi connectivity index (χ0v) is 16.0. The number of carbonyl (C=O) groups is 2. The summed E-state index contributed by atoms with van der Waals surface area (Å²) in [7, 11) is 0. The number of aromatic nitrogens is 2. The molecule has 0 radical (unpaired) electrons. The largest absolute Gasteiger partial charge is 0.298 e. The lowest BCUT2D eigenvalue weighted by Crippen LogP contribution is -2.34. The Morgan fingerprint density at radius 1 is 1.29 bits per heavy atom. The van der Waals surface area contributed by atoms with Gasteiger partial charge in [-0.05, 0) is 18.6 Å². The molecule has 1 unspecified atom stereocenters. The van der Waals surface area contributed by atoms with Gasteiger partial charge in [0.25, 0.3) is 11.8 Å². The van der Waals surface area contributed by atoms with Crippen molar-refractivity contribution in [3.05, 3.63) is 52.9 Å². The van der Waals surface area contributed by atoms with Gasteiger partial charge < -0.3 is 0 Å². The number of alkyl halides is 2. The molecule has 146 valence electrons. The summed E-state index contributed by atoms with van der Waals surface area (Å²) in [4.78, 5) is 33.2. The maximum absolute atomic E-state index is 13.9. The highest BCUT2D eigenvalue weighted by atomic mass is 35.5. The Morgan fingerprint density at radius 3 is 2.68 bits per heavy atom. The predicted octanol–water partition coefficient (Wildman–Crippen LogP) is 3.78. The number of carbonyl (C=O) groups excluding carboxylic acids is 2. The number of hydrogen-bond donors (Lipinski definition) is 0. The van der Waals surface area contributed by atoms with Gasteiger partial charge in [0, 0.05) is 18.4 Å². The van der Waals surface area contributed by atoms with Crippen LogP contribution in [-0.4, -0.2) is 27.4 Å². The minimum absolute atomic E-state index is 0.147. The van der Waals surface area contributed by atoms with Crippen molar-refractivity contribution in [1.29, 1.82) is 0 Å². The Morgan fingerprint density at radius 2 is 2.04 bits per heavy atom. The van der Waals surface area contributed by atoms with E-state index in [1.807, 2.05) is 0 Å². The van der Waals surface area contributed by atoms with Crippen molar-refractivity contribution in [2.24, 2.45) is 11.0 Å². The molecule has 1 atom stereocenters. The number of Topliss-reactive ketones (excluding diaryl/α,β-unsaturated/α-hetero) is 1. The van der Waals surface area contributed by atoms with Gasteiger partial charge in [-0.3, -0.25) is 9.59 Å². The highest BCUT2D eigenvalue weighted by Crippen LogP contribution is 2.32. The molecule has 0 N–H and O–H groups in total. The minimum Gasteiger partial charge on any atom is -0.298 e. The van der Waals surface area contributed by atoms with Crippen LogP contribution in [0.1, 0.15) is 31.4 Å². The summed E-state index contributed by atoms with van der Waals surface area (Å²) >= 11 is 5.69. The molecule has 3 rings (SSSR count). The first-order valence-electron chi connectivity index (χ1n) is 8.59. The number of halogens is 3. The van der Waals surface area contributed by atoms with Gasteiger partial charge in [-0.25, -0.2) is 18.7 Å². The van der Waals surface area contributed by atoms with Crippen LogP contribution in [0.2, 0.25) is 5.15 Å². The Labute approximate surface area is 165 Å². The lowest BCUT2D eigenvalue weighted by atomic mass is 9.93. The maximum atomic E-state index is 13.9. The summed E-state index contributed by atoms with van der Waals surface area (Å²) in [5.74, 6) is -4.90. The zero-order valence-electron chi connectivity index (χ0n) is 15.2. The number of ketones is 1. The van der Waals surface area contributed by atoms with E-state index in [-0.39, 0.29) is 29.4 Å². The van der Waals surface area contributed by atoms with Crippen molar-refractivity contribution in [3.8, 4) is 0 Å². The fraction of sp³-hybridized carbons (Fsp3) is 0.316. The number of anilines is 1. The Balaban J connectivity index is 1.78. The summed E-state index contributed by atoms with van der Waals surface area (Å²) in [5.41, 5.74) is 0.573. The minimum atomic E-state index is -2.97. The number of amides is 1. The van der Waals surface area contributed by atoms with E-state index in [9.17, 15) is 18.4 Å². The number of rotatable bonds is 6. The number of nitrogens with zero attached hydrogens (tertiary/aromatic N) is 4. The second-order valence-corrected chi connectivity index (χ2v) is 6.81. The van der Waals surface area contributed by atoms with E-state index in [0.29, 0.717) is 11.3 Å². The van der Waals surface area contributed by atoms with Crippen LogP contribution in [0.15, 0.2) is 41.8 Å². The normalized spacial score (nSPS) is 17.0. The topological polar surface area (TPSA) is 75.5 Å². The lowest BCUT2D eigenvalue weighted by Gasteiger charge is -2.16. The van der Waals surface area contributed by atoms with Crippen LogP contribution in [0.4, 0.5) is 14.6 Å². The zero-order chi connectivity index (χ0) is 20.5. The van der Waals surface area contributed by atoms with Crippen molar-refractivity contribution >= 4 is 34.8 Å². The maximum Gasteiger partial charge on any atom is 0.273 e. The molecule has 1 aromatic carbocycles. The van der Waals surface area contributed by atoms with Crippen molar-refractivity contribution in [2.45, 2.75) is 32.6 Å². The van der Waals surface area contributed by atoms with Crippen molar-refractivity contribution in [2.75, 3.05) is 5.01 Å². The van der Waals surface area contributed by atoms with Crippen LogP contribution in [0, 0.1) is 5.92 Å². The highest BCUT2D eigenvalue weighted by molar-refractivity contribution is 6.29. The van der Waals surface area contributed by atoms with Crippen molar-refractivity contribution in [3.63, 3.8) is 0 Å². The monoisotopic (exact) mass is 406 g/mol. The van der Waals surface area contributed by atoms with Gasteiger partial charge in [0.15, 0.2) is 11.6 Å². The molecule has 9 heteroatoms. The molecule has 1 aliphatic heterocycles. The van der Waals surface area contributed by atoms with E-state index in [2.05, 4.69) is 15.1 Å². The second kappa shape index (κ2) is 7.71. The second-order valence-electron chi connectivity index (χ2n) is 6.42. The molecular weight excluding hydrogens is 390 g/mol. The molecule has 2 heterocycles. The fourth-order valence-electron chi connectivity index (χ4n) is 2.93. The Kier molecular flexibility index (Phi) is 5.51. The highest BCUT2D eigenvalue weighted by Gasteiger charge is 2.40. The van der Waals surface area contributed by atoms with Gasteiger partial charge in [0.2, 0.25) is 0 Å². The summed E-state index contributed by atoms with van der Waals surface area (Å²) in [5, 5.41) is 5.26. The van der Waals surface area contributed by atoms with Crippen LogP contribution in [-0.2, 0) is 21.9 Å². The van der Waals surface area contributed by atoms with E-state index < -0.39 is 23.5 Å². The SMILES string of the molecule is CCC(F)(F)c1cccc(CC(=O)C2C(=O)N(c3cnc(Cl)cn3)N=C2C)c1. The smallest absolute Gasteiger partial charge is 0.273 e. The van der Waals surface area contributed by atoms with Crippen molar-refractivity contribution in [1.82, 2.24) is 9.97 Å². The average molecular weight is 407 g/mol. The molecule has 1 aromatic heterocycles. The first kappa shape index (κ1) is 20.0. The van der Waals surface area contributed by atoms with E-state index in [0.717, 1.165) is 5.01 Å². The van der Waals surface area contributed by atoms with Gasteiger partial charge >= 0.3 is 0 Å². The van der Waals surface area contributed by atoms with Gasteiger partial charge in [0.05, 0.1) is 18.1 Å². The van der Waals surface area contributed by atoms with Crippen LogP contribution in [0.3, 0.4) is 0 Å². The predicted molar refractivity (Wildman–Crippen MR) is 100 cm³/mol. The van der Waals surface area contributed by atoms with Crippen LogP contribution < -0.4 is 5.01 Å². The van der Waals surface area contributed by atoms with E-state index in [1.54, 1.807) is 13.0 Å². The molecule has 0 bridgehead atoms. The first-order valence-corrected chi connectivity index (χ1v) is 8.97. The van der Waals surface area contributed by atoms with Gasteiger partial charge in [-0.1, -0.05) is 36.7 Å². The molecule has 0 fully saturated rings. The molecule has 6 nitrogen and oxygen atoms in total. The molecule has 1 aliphatic rings. The third kappa shape index (κ3) is 3.91. The van der Waals surface area contributed by atoms with Gasteiger partial charge in [0.1, 0.15) is 11.1 Å². The molecule has 0 aliphatic carbocycles. The first-order chi connectivity index (χ1) is 13.2. The average Bonchev–Trinajstić information content (AvgIpc) is 2.97.